The molecule has 3 aromatic carbocycles. The summed E-state index contributed by atoms with van der Waals surface area (Å²) in [7, 11) is 0. The summed E-state index contributed by atoms with van der Waals surface area (Å²) in [6, 6.07) is 30.2. The molecule has 41 heavy (non-hydrogen) atoms. The van der Waals surface area contributed by atoms with E-state index in [0.717, 1.165) is 17.7 Å². The predicted molar refractivity (Wildman–Crippen MR) is 169 cm³/mol. The minimum atomic E-state index is 0.0239. The number of hydrogen-bond acceptors (Lipinski definition) is 3. The average molecular weight is 546 g/mol. The van der Waals surface area contributed by atoms with Gasteiger partial charge < -0.3 is 10.2 Å². The highest BCUT2D eigenvalue weighted by molar-refractivity contribution is 5.94. The van der Waals surface area contributed by atoms with Gasteiger partial charge in [0.25, 0.3) is 5.91 Å². The molecule has 4 aromatic rings. The van der Waals surface area contributed by atoms with Crippen LogP contribution in [-0.4, -0.2) is 21.8 Å². The third-order valence-corrected chi connectivity index (χ3v) is 8.20. The first kappa shape index (κ1) is 28.8. The highest BCUT2D eigenvalue weighted by atomic mass is 16.2. The fourth-order valence-corrected chi connectivity index (χ4v) is 5.61. The molecule has 1 amide bonds. The monoisotopic (exact) mass is 545 g/mol. The van der Waals surface area contributed by atoms with Gasteiger partial charge in [-0.05, 0) is 69.8 Å². The highest BCUT2D eigenvalue weighted by Gasteiger charge is 2.19. The van der Waals surface area contributed by atoms with Crippen molar-refractivity contribution in [1.82, 2.24) is 15.2 Å². The Morgan fingerprint density at radius 2 is 1.39 bits per heavy atom. The second-order valence-corrected chi connectivity index (χ2v) is 12.5. The minimum Gasteiger partial charge on any atom is -0.330 e. The molecule has 1 N–H and O–H groups in total. The maximum atomic E-state index is 13.7. The molecule has 1 aliphatic rings. The van der Waals surface area contributed by atoms with Gasteiger partial charge >= 0.3 is 0 Å². The number of carbonyl (C=O) groups excluding carboxylic acids is 1. The van der Waals surface area contributed by atoms with E-state index in [1.54, 1.807) is 6.20 Å². The molecule has 212 valence electrons. The van der Waals surface area contributed by atoms with Crippen molar-refractivity contribution >= 4 is 5.91 Å². The molecule has 4 nitrogen and oxygen atoms in total. The average Bonchev–Trinajstić information content (AvgIpc) is 3.01. The quantitative estimate of drug-likeness (QED) is 0.230. The molecule has 1 heterocycles. The van der Waals surface area contributed by atoms with Crippen molar-refractivity contribution in [2.75, 3.05) is 0 Å². The fraction of sp³-hybridized carbons (Fsp3) is 0.351. The van der Waals surface area contributed by atoms with E-state index in [1.165, 1.54) is 54.4 Å². The molecule has 0 bridgehead atoms. The van der Waals surface area contributed by atoms with Crippen LogP contribution in [0.15, 0.2) is 97.3 Å². The van der Waals surface area contributed by atoms with Crippen molar-refractivity contribution < 1.29 is 4.79 Å². The molecule has 5 rings (SSSR count). The third kappa shape index (κ3) is 7.92. The third-order valence-electron chi connectivity index (χ3n) is 8.20. The largest absolute Gasteiger partial charge is 0.330 e. The normalized spacial score (nSPS) is 14.1. The maximum absolute atomic E-state index is 13.7. The molecule has 1 fully saturated rings. The summed E-state index contributed by atoms with van der Waals surface area (Å²) in [6.45, 7) is 8.53. The molecule has 0 aliphatic heterocycles. The standard InChI is InChI=1S/C37H43N3O/c1-37(2,3)34-21-19-33(20-22-34)36(41)40(27-30-8-7-23-38-24-30)26-29-13-17-32(18-14-29)31-15-11-28(12-16-31)25-39-35-9-5-4-6-10-35/h7-8,11-24,35,39H,4-6,9-10,25-27H2,1-3H3. The Balaban J connectivity index is 1.26. The SMILES string of the molecule is CC(C)(C)c1ccc(C(=O)N(Cc2ccc(-c3ccc(CNC4CCCCC4)cc3)cc2)Cc2cccnc2)cc1. The van der Waals surface area contributed by atoms with E-state index in [1.807, 2.05) is 35.4 Å². The summed E-state index contributed by atoms with van der Waals surface area (Å²) in [5.41, 5.74) is 7.81. The summed E-state index contributed by atoms with van der Waals surface area (Å²) in [5, 5.41) is 3.73. The summed E-state index contributed by atoms with van der Waals surface area (Å²) in [6.07, 6.45) is 10.3. The molecule has 4 heteroatoms. The molecule has 0 radical (unpaired) electrons. The lowest BCUT2D eigenvalue weighted by Gasteiger charge is -2.24. The van der Waals surface area contributed by atoms with Crippen LogP contribution in [-0.2, 0) is 25.0 Å². The topological polar surface area (TPSA) is 45.2 Å². The summed E-state index contributed by atoms with van der Waals surface area (Å²) < 4.78 is 0. The van der Waals surface area contributed by atoms with E-state index in [2.05, 4.69) is 91.7 Å². The number of aromatic nitrogens is 1. The molecule has 1 saturated carbocycles. The molecular formula is C37H43N3O. The van der Waals surface area contributed by atoms with Gasteiger partial charge in [-0.3, -0.25) is 9.78 Å². The number of pyridine rings is 1. The van der Waals surface area contributed by atoms with E-state index in [0.29, 0.717) is 24.7 Å². The van der Waals surface area contributed by atoms with E-state index >= 15 is 0 Å². The zero-order valence-electron chi connectivity index (χ0n) is 24.8. The maximum Gasteiger partial charge on any atom is 0.254 e. The van der Waals surface area contributed by atoms with Crippen LogP contribution >= 0.6 is 0 Å². The molecule has 1 aromatic heterocycles. The Hall–Kier alpha value is -3.76. The Labute approximate surface area is 245 Å². The van der Waals surface area contributed by atoms with Crippen molar-refractivity contribution in [2.24, 2.45) is 0 Å². The van der Waals surface area contributed by atoms with Gasteiger partial charge in [-0.15, -0.1) is 0 Å². The predicted octanol–water partition coefficient (Wildman–Crippen LogP) is 8.31. The molecule has 0 spiro atoms. The number of hydrogen-bond donors (Lipinski definition) is 1. The van der Waals surface area contributed by atoms with Crippen LogP contribution in [0, 0.1) is 0 Å². The summed E-state index contributed by atoms with van der Waals surface area (Å²) >= 11 is 0. The van der Waals surface area contributed by atoms with Gasteiger partial charge in [-0.2, -0.15) is 0 Å². The van der Waals surface area contributed by atoms with Crippen molar-refractivity contribution in [3.8, 4) is 11.1 Å². The van der Waals surface area contributed by atoms with Crippen molar-refractivity contribution in [2.45, 2.75) is 84.0 Å². The van der Waals surface area contributed by atoms with Gasteiger partial charge in [0, 0.05) is 43.6 Å². The Morgan fingerprint density at radius 3 is 1.98 bits per heavy atom. The molecule has 0 saturated heterocycles. The lowest BCUT2D eigenvalue weighted by atomic mass is 9.86. The molecular weight excluding hydrogens is 502 g/mol. The molecule has 1 aliphatic carbocycles. The second-order valence-electron chi connectivity index (χ2n) is 12.5. The van der Waals surface area contributed by atoms with Crippen LogP contribution < -0.4 is 5.32 Å². The van der Waals surface area contributed by atoms with Crippen LogP contribution in [0.2, 0.25) is 0 Å². The number of carbonyl (C=O) groups is 1. The number of rotatable bonds is 9. The number of nitrogens with one attached hydrogen (secondary N) is 1. The fourth-order valence-electron chi connectivity index (χ4n) is 5.61. The van der Waals surface area contributed by atoms with Gasteiger partial charge in [0.05, 0.1) is 0 Å². The van der Waals surface area contributed by atoms with E-state index < -0.39 is 0 Å². The lowest BCUT2D eigenvalue weighted by Crippen LogP contribution is -2.30. The Bertz CT molecular complexity index is 1380. The van der Waals surface area contributed by atoms with Crippen LogP contribution in [0.1, 0.15) is 85.5 Å². The van der Waals surface area contributed by atoms with Crippen LogP contribution in [0.5, 0.6) is 0 Å². The Kier molecular flexibility index (Phi) is 9.31. The zero-order chi connectivity index (χ0) is 28.7. The minimum absolute atomic E-state index is 0.0239. The lowest BCUT2D eigenvalue weighted by molar-refractivity contribution is 0.0730. The van der Waals surface area contributed by atoms with Gasteiger partial charge in [0.2, 0.25) is 0 Å². The summed E-state index contributed by atoms with van der Waals surface area (Å²) in [5.74, 6) is 0.0239. The van der Waals surface area contributed by atoms with Gasteiger partial charge in [-0.1, -0.05) is 107 Å². The van der Waals surface area contributed by atoms with E-state index in [4.69, 9.17) is 0 Å². The number of nitrogens with zero attached hydrogens (tertiary/aromatic N) is 2. The van der Waals surface area contributed by atoms with Gasteiger partial charge in [-0.25, -0.2) is 0 Å². The van der Waals surface area contributed by atoms with Crippen molar-refractivity contribution in [3.63, 3.8) is 0 Å². The molecule has 0 atom stereocenters. The van der Waals surface area contributed by atoms with E-state index in [9.17, 15) is 4.79 Å². The second kappa shape index (κ2) is 13.3. The first-order valence-corrected chi connectivity index (χ1v) is 15.1. The number of amides is 1. The first-order valence-electron chi connectivity index (χ1n) is 15.1. The zero-order valence-corrected chi connectivity index (χ0v) is 24.8. The van der Waals surface area contributed by atoms with Crippen LogP contribution in [0.3, 0.4) is 0 Å². The van der Waals surface area contributed by atoms with Crippen molar-refractivity contribution in [3.05, 3.63) is 125 Å². The van der Waals surface area contributed by atoms with Gasteiger partial charge in [0.1, 0.15) is 0 Å². The van der Waals surface area contributed by atoms with Crippen molar-refractivity contribution in [1.29, 1.82) is 0 Å². The van der Waals surface area contributed by atoms with Crippen LogP contribution in [0.25, 0.3) is 11.1 Å². The molecule has 0 unspecified atom stereocenters. The van der Waals surface area contributed by atoms with Crippen LogP contribution in [0.4, 0.5) is 0 Å². The first-order chi connectivity index (χ1) is 19.8. The van der Waals surface area contributed by atoms with Gasteiger partial charge in [0.15, 0.2) is 0 Å². The van der Waals surface area contributed by atoms with E-state index in [-0.39, 0.29) is 11.3 Å². The smallest absolute Gasteiger partial charge is 0.254 e. The highest BCUT2D eigenvalue weighted by Crippen LogP contribution is 2.25. The Morgan fingerprint density at radius 1 is 0.780 bits per heavy atom. The summed E-state index contributed by atoms with van der Waals surface area (Å²) in [4.78, 5) is 19.9. The number of benzene rings is 3.